The summed E-state index contributed by atoms with van der Waals surface area (Å²) in [7, 11) is 0. The quantitative estimate of drug-likeness (QED) is 0.395. The highest BCUT2D eigenvalue weighted by Crippen LogP contribution is 2.33. The summed E-state index contributed by atoms with van der Waals surface area (Å²) in [5, 5.41) is 25.8. The van der Waals surface area contributed by atoms with Crippen LogP contribution in [-0.2, 0) is 16.0 Å². The van der Waals surface area contributed by atoms with Crippen molar-refractivity contribution in [2.45, 2.75) is 66.8 Å². The molecule has 0 saturated carbocycles. The van der Waals surface area contributed by atoms with Crippen LogP contribution in [0, 0.1) is 33.6 Å². The Morgan fingerprint density at radius 3 is 2.00 bits per heavy atom. The van der Waals surface area contributed by atoms with E-state index >= 15 is 0 Å². The number of anilines is 3. The number of hydrogen-bond acceptors (Lipinski definition) is 5. The lowest BCUT2D eigenvalue weighted by Gasteiger charge is -2.24. The Kier molecular flexibility index (Phi) is 8.02. The number of benzene rings is 1. The molecule has 0 amide bonds. The third-order valence-corrected chi connectivity index (χ3v) is 5.52. The van der Waals surface area contributed by atoms with Gasteiger partial charge in [-0.2, -0.15) is 0 Å². The SMILES string of the molecule is CCC(CC)Nc1cc(C)nc(Nc2c(C)cc(C)cc2C)c1CC(C(=O)O)C(=O)O. The average molecular weight is 428 g/mol. The lowest BCUT2D eigenvalue weighted by molar-refractivity contribution is -0.154. The van der Waals surface area contributed by atoms with Gasteiger partial charge < -0.3 is 20.8 Å². The van der Waals surface area contributed by atoms with Gasteiger partial charge in [0.05, 0.1) is 0 Å². The second-order valence-corrected chi connectivity index (χ2v) is 8.13. The zero-order valence-corrected chi connectivity index (χ0v) is 19.2. The number of nitrogens with zero attached hydrogens (tertiary/aromatic N) is 1. The van der Waals surface area contributed by atoms with Crippen LogP contribution in [0.2, 0.25) is 0 Å². The zero-order chi connectivity index (χ0) is 23.3. The highest BCUT2D eigenvalue weighted by molar-refractivity contribution is 5.93. The molecule has 1 heterocycles. The highest BCUT2D eigenvalue weighted by Gasteiger charge is 2.29. The largest absolute Gasteiger partial charge is 0.481 e. The number of pyridine rings is 1. The van der Waals surface area contributed by atoms with Crippen molar-refractivity contribution in [3.8, 4) is 0 Å². The Balaban J connectivity index is 2.64. The lowest BCUT2D eigenvalue weighted by atomic mass is 9.97. The van der Waals surface area contributed by atoms with E-state index in [2.05, 4.69) is 41.6 Å². The van der Waals surface area contributed by atoms with Gasteiger partial charge in [-0.25, -0.2) is 4.98 Å². The number of carboxylic acid groups (broad SMARTS) is 2. The van der Waals surface area contributed by atoms with E-state index in [1.165, 1.54) is 0 Å². The third-order valence-electron chi connectivity index (χ3n) is 5.52. The van der Waals surface area contributed by atoms with E-state index in [0.29, 0.717) is 11.4 Å². The Bertz CT molecular complexity index is 931. The maximum absolute atomic E-state index is 11.6. The monoisotopic (exact) mass is 427 g/mol. The smallest absolute Gasteiger partial charge is 0.318 e. The first kappa shape index (κ1) is 24.2. The van der Waals surface area contributed by atoms with E-state index in [4.69, 9.17) is 0 Å². The van der Waals surface area contributed by atoms with Crippen LogP contribution in [0.25, 0.3) is 0 Å². The number of aromatic nitrogens is 1. The van der Waals surface area contributed by atoms with Crippen molar-refractivity contribution in [1.82, 2.24) is 4.98 Å². The number of nitrogens with one attached hydrogen (secondary N) is 2. The fourth-order valence-corrected chi connectivity index (χ4v) is 3.83. The van der Waals surface area contributed by atoms with E-state index < -0.39 is 17.9 Å². The average Bonchev–Trinajstić information content (AvgIpc) is 2.67. The van der Waals surface area contributed by atoms with Crippen LogP contribution >= 0.6 is 0 Å². The van der Waals surface area contributed by atoms with E-state index in [1.807, 2.05) is 33.8 Å². The number of rotatable bonds is 10. The second kappa shape index (κ2) is 10.3. The maximum atomic E-state index is 11.6. The van der Waals surface area contributed by atoms with Gasteiger partial charge >= 0.3 is 11.9 Å². The maximum Gasteiger partial charge on any atom is 0.318 e. The van der Waals surface area contributed by atoms with E-state index in [9.17, 15) is 19.8 Å². The molecule has 0 aliphatic heterocycles. The van der Waals surface area contributed by atoms with Crippen LogP contribution in [0.4, 0.5) is 17.2 Å². The molecule has 31 heavy (non-hydrogen) atoms. The molecular formula is C24H33N3O4. The zero-order valence-electron chi connectivity index (χ0n) is 19.2. The number of hydrogen-bond donors (Lipinski definition) is 4. The number of aryl methyl sites for hydroxylation is 4. The minimum Gasteiger partial charge on any atom is -0.481 e. The molecule has 7 heteroatoms. The van der Waals surface area contributed by atoms with Gasteiger partial charge in [0.1, 0.15) is 5.82 Å². The van der Waals surface area contributed by atoms with E-state index in [1.54, 1.807) is 0 Å². The first-order valence-corrected chi connectivity index (χ1v) is 10.6. The summed E-state index contributed by atoms with van der Waals surface area (Å²) < 4.78 is 0. The van der Waals surface area contributed by atoms with Crippen molar-refractivity contribution in [2.24, 2.45) is 5.92 Å². The normalized spacial score (nSPS) is 11.1. The number of carboxylic acids is 2. The van der Waals surface area contributed by atoms with E-state index in [0.717, 1.165) is 46.6 Å². The van der Waals surface area contributed by atoms with Gasteiger partial charge in [0.25, 0.3) is 0 Å². The molecule has 4 N–H and O–H groups in total. The molecule has 0 aliphatic rings. The minimum atomic E-state index is -1.56. The molecular weight excluding hydrogens is 394 g/mol. The van der Waals surface area contributed by atoms with Crippen LogP contribution in [0.1, 0.15) is 54.6 Å². The third kappa shape index (κ3) is 5.96. The molecule has 0 bridgehead atoms. The molecule has 0 unspecified atom stereocenters. The summed E-state index contributed by atoms with van der Waals surface area (Å²) >= 11 is 0. The molecule has 0 fully saturated rings. The predicted molar refractivity (Wildman–Crippen MR) is 123 cm³/mol. The molecule has 0 saturated heterocycles. The molecule has 0 aliphatic carbocycles. The summed E-state index contributed by atoms with van der Waals surface area (Å²) in [5.41, 5.74) is 6.14. The van der Waals surface area contributed by atoms with Crippen molar-refractivity contribution in [1.29, 1.82) is 0 Å². The first-order chi connectivity index (χ1) is 14.6. The summed E-state index contributed by atoms with van der Waals surface area (Å²) in [6.45, 7) is 12.0. The highest BCUT2D eigenvalue weighted by atomic mass is 16.4. The van der Waals surface area contributed by atoms with Gasteiger partial charge in [-0.3, -0.25) is 9.59 Å². The van der Waals surface area contributed by atoms with Crippen molar-refractivity contribution < 1.29 is 19.8 Å². The van der Waals surface area contributed by atoms with Crippen LogP contribution in [-0.4, -0.2) is 33.2 Å². The Labute approximate surface area is 183 Å². The molecule has 1 aromatic carbocycles. The van der Waals surface area contributed by atoms with Gasteiger partial charge in [0.2, 0.25) is 0 Å². The van der Waals surface area contributed by atoms with E-state index in [-0.39, 0.29) is 12.5 Å². The Morgan fingerprint density at radius 1 is 0.968 bits per heavy atom. The molecule has 0 radical (unpaired) electrons. The molecule has 2 rings (SSSR count). The Morgan fingerprint density at radius 2 is 1.52 bits per heavy atom. The minimum absolute atomic E-state index is 0.174. The van der Waals surface area contributed by atoms with Gasteiger partial charge in [0, 0.05) is 35.1 Å². The summed E-state index contributed by atoms with van der Waals surface area (Å²) in [4.78, 5) is 27.9. The molecule has 1 aromatic heterocycles. The van der Waals surface area contributed by atoms with Gasteiger partial charge in [-0.1, -0.05) is 31.5 Å². The molecule has 7 nitrogen and oxygen atoms in total. The van der Waals surface area contributed by atoms with Crippen molar-refractivity contribution >= 4 is 29.1 Å². The van der Waals surface area contributed by atoms with Crippen LogP contribution in [0.3, 0.4) is 0 Å². The van der Waals surface area contributed by atoms with Crippen molar-refractivity contribution in [2.75, 3.05) is 10.6 Å². The predicted octanol–water partition coefficient (Wildman–Crippen LogP) is 4.99. The summed E-state index contributed by atoms with van der Waals surface area (Å²) in [6.07, 6.45) is 1.60. The summed E-state index contributed by atoms with van der Waals surface area (Å²) in [6, 6.07) is 6.16. The topological polar surface area (TPSA) is 112 Å². The van der Waals surface area contributed by atoms with Gasteiger partial charge in [-0.05, 0) is 57.7 Å². The standard InChI is InChI=1S/C24H33N3O4/c1-7-17(8-2)26-20-11-16(6)25-22(18(20)12-19(23(28)29)24(30)31)27-21-14(4)9-13(3)10-15(21)5/h9-11,17,19H,7-8,12H2,1-6H3,(H,28,29)(H,30,31)(H2,25,26,27). The van der Waals surface area contributed by atoms with Crippen LogP contribution in [0.5, 0.6) is 0 Å². The van der Waals surface area contributed by atoms with Crippen molar-refractivity contribution in [3.05, 3.63) is 46.1 Å². The number of aliphatic carboxylic acids is 2. The van der Waals surface area contributed by atoms with Crippen molar-refractivity contribution in [3.63, 3.8) is 0 Å². The molecule has 2 aromatic rings. The van der Waals surface area contributed by atoms with Gasteiger partial charge in [-0.15, -0.1) is 0 Å². The first-order valence-electron chi connectivity index (χ1n) is 10.6. The summed E-state index contributed by atoms with van der Waals surface area (Å²) in [5.74, 6) is -3.81. The lowest BCUT2D eigenvalue weighted by Crippen LogP contribution is -2.27. The molecule has 0 spiro atoms. The van der Waals surface area contributed by atoms with Crippen LogP contribution < -0.4 is 10.6 Å². The number of carbonyl (C=O) groups is 2. The molecule has 0 atom stereocenters. The fraction of sp³-hybridized carbons (Fsp3) is 0.458. The Hall–Kier alpha value is -3.09. The fourth-order valence-electron chi connectivity index (χ4n) is 3.83. The molecule has 168 valence electrons. The second-order valence-electron chi connectivity index (χ2n) is 8.13. The van der Waals surface area contributed by atoms with Gasteiger partial charge in [0.15, 0.2) is 5.92 Å². The van der Waals surface area contributed by atoms with Crippen LogP contribution in [0.15, 0.2) is 18.2 Å².